The van der Waals surface area contributed by atoms with Gasteiger partial charge in [0, 0.05) is 31.5 Å². The van der Waals surface area contributed by atoms with Gasteiger partial charge in [-0.25, -0.2) is 9.97 Å². The molecule has 1 saturated heterocycles. The predicted octanol–water partition coefficient (Wildman–Crippen LogP) is 2.17. The van der Waals surface area contributed by atoms with Gasteiger partial charge >= 0.3 is 0 Å². The highest BCUT2D eigenvalue weighted by atomic mass is 15.2. The minimum Gasteiger partial charge on any atom is -0.384 e. The molecule has 0 saturated carbocycles. The number of hydrogen-bond acceptors (Lipinski definition) is 6. The summed E-state index contributed by atoms with van der Waals surface area (Å²) in [7, 11) is 0. The van der Waals surface area contributed by atoms with Gasteiger partial charge in [-0.05, 0) is 37.9 Å². The van der Waals surface area contributed by atoms with E-state index >= 15 is 0 Å². The number of pyridine rings is 1. The van der Waals surface area contributed by atoms with Gasteiger partial charge in [0.15, 0.2) is 5.65 Å². The number of fused-ring (bicyclic) bond motifs is 1. The van der Waals surface area contributed by atoms with Gasteiger partial charge in [-0.15, -0.1) is 0 Å². The normalized spacial score (nSPS) is 19.0. The molecule has 0 amide bonds. The molecule has 0 aromatic carbocycles. The summed E-state index contributed by atoms with van der Waals surface area (Å²) in [5.41, 5.74) is 8.81. The van der Waals surface area contributed by atoms with Gasteiger partial charge in [-0.3, -0.25) is 14.3 Å². The minimum atomic E-state index is 0.474. The first kappa shape index (κ1) is 15.8. The number of nitrogens with one attached hydrogen (secondary N) is 1. The number of nitrogen functional groups attached to an aromatic ring is 1. The maximum atomic E-state index is 5.65. The highest BCUT2D eigenvalue weighted by Crippen LogP contribution is 2.18. The summed E-state index contributed by atoms with van der Waals surface area (Å²) in [6.07, 6.45) is 12.8. The SMILES string of the molecule is Nc1ccc(NC2CCCN(Cc3cnc4cnccn34)CC2)cn1. The van der Waals surface area contributed by atoms with Gasteiger partial charge in [0.25, 0.3) is 0 Å². The van der Waals surface area contributed by atoms with Gasteiger partial charge in [0.2, 0.25) is 0 Å². The lowest BCUT2D eigenvalue weighted by Gasteiger charge is -2.20. The lowest BCUT2D eigenvalue weighted by atomic mass is 10.1. The summed E-state index contributed by atoms with van der Waals surface area (Å²) in [6.45, 7) is 3.09. The quantitative estimate of drug-likeness (QED) is 0.759. The van der Waals surface area contributed by atoms with Crippen molar-refractivity contribution in [3.63, 3.8) is 0 Å². The van der Waals surface area contributed by atoms with Crippen LogP contribution in [0.2, 0.25) is 0 Å². The molecule has 1 fully saturated rings. The molecule has 7 heteroatoms. The van der Waals surface area contributed by atoms with Crippen molar-refractivity contribution >= 4 is 17.2 Å². The molecule has 1 aliphatic heterocycles. The number of rotatable bonds is 4. The second-order valence-corrected chi connectivity index (χ2v) is 6.57. The summed E-state index contributed by atoms with van der Waals surface area (Å²) < 4.78 is 2.12. The first-order valence-corrected chi connectivity index (χ1v) is 8.74. The molecule has 1 aliphatic rings. The molecule has 4 heterocycles. The largest absolute Gasteiger partial charge is 0.384 e. The molecule has 130 valence electrons. The van der Waals surface area contributed by atoms with E-state index in [0.717, 1.165) is 43.8 Å². The van der Waals surface area contributed by atoms with Crippen LogP contribution in [-0.4, -0.2) is 43.4 Å². The average molecular weight is 337 g/mol. The molecule has 3 N–H and O–H groups in total. The molecule has 3 aromatic heterocycles. The van der Waals surface area contributed by atoms with E-state index in [-0.39, 0.29) is 0 Å². The molecule has 3 aromatic rings. The Hall–Kier alpha value is -2.67. The average Bonchev–Trinajstić information content (AvgIpc) is 2.90. The lowest BCUT2D eigenvalue weighted by molar-refractivity contribution is 0.272. The van der Waals surface area contributed by atoms with Crippen LogP contribution in [0.5, 0.6) is 0 Å². The van der Waals surface area contributed by atoms with Crippen molar-refractivity contribution in [2.24, 2.45) is 0 Å². The van der Waals surface area contributed by atoms with E-state index in [1.54, 1.807) is 12.4 Å². The van der Waals surface area contributed by atoms with Crippen LogP contribution in [0, 0.1) is 0 Å². The number of hydrogen-bond donors (Lipinski definition) is 2. The van der Waals surface area contributed by atoms with Crippen LogP contribution < -0.4 is 11.1 Å². The van der Waals surface area contributed by atoms with Crippen molar-refractivity contribution < 1.29 is 0 Å². The third-order valence-corrected chi connectivity index (χ3v) is 4.76. The zero-order chi connectivity index (χ0) is 17.1. The third kappa shape index (κ3) is 3.71. The van der Waals surface area contributed by atoms with Crippen LogP contribution >= 0.6 is 0 Å². The molecule has 0 spiro atoms. The summed E-state index contributed by atoms with van der Waals surface area (Å²) in [4.78, 5) is 15.2. The molecule has 1 atom stereocenters. The topological polar surface area (TPSA) is 84.4 Å². The second-order valence-electron chi connectivity index (χ2n) is 6.57. The van der Waals surface area contributed by atoms with Crippen LogP contribution in [0.1, 0.15) is 25.0 Å². The zero-order valence-electron chi connectivity index (χ0n) is 14.2. The number of likely N-dealkylation sites (tertiary alicyclic amines) is 1. The Morgan fingerprint density at radius 3 is 2.96 bits per heavy atom. The molecule has 7 nitrogen and oxygen atoms in total. The van der Waals surface area contributed by atoms with E-state index < -0.39 is 0 Å². The standard InChI is InChI=1S/C18H23N7/c19-17-4-3-15(10-21-17)23-14-2-1-7-24(8-5-14)13-16-11-22-18-12-20-6-9-25(16)18/h3-4,6,9-12,14,23H,1-2,5,7-8,13H2,(H2,19,21). The van der Waals surface area contributed by atoms with E-state index in [1.165, 1.54) is 12.1 Å². The van der Waals surface area contributed by atoms with Crippen molar-refractivity contribution in [1.29, 1.82) is 0 Å². The molecule has 1 unspecified atom stereocenters. The lowest BCUT2D eigenvalue weighted by Crippen LogP contribution is -2.26. The van der Waals surface area contributed by atoms with E-state index in [4.69, 9.17) is 5.73 Å². The molecular formula is C18H23N7. The highest BCUT2D eigenvalue weighted by molar-refractivity contribution is 5.46. The van der Waals surface area contributed by atoms with E-state index in [0.29, 0.717) is 11.9 Å². The smallest absolute Gasteiger partial charge is 0.155 e. The zero-order valence-corrected chi connectivity index (χ0v) is 14.2. The van der Waals surface area contributed by atoms with Crippen LogP contribution in [0.3, 0.4) is 0 Å². The Bertz CT molecular complexity index is 827. The maximum Gasteiger partial charge on any atom is 0.155 e. The molecular weight excluding hydrogens is 314 g/mol. The fraction of sp³-hybridized carbons (Fsp3) is 0.389. The summed E-state index contributed by atoms with van der Waals surface area (Å²) in [6, 6.07) is 4.31. The van der Waals surface area contributed by atoms with Crippen LogP contribution in [0.4, 0.5) is 11.5 Å². The number of anilines is 2. The molecule has 4 rings (SSSR count). The number of imidazole rings is 1. The monoisotopic (exact) mass is 337 g/mol. The summed E-state index contributed by atoms with van der Waals surface area (Å²) in [5.74, 6) is 0.556. The third-order valence-electron chi connectivity index (χ3n) is 4.76. The molecule has 0 aliphatic carbocycles. The highest BCUT2D eigenvalue weighted by Gasteiger charge is 2.18. The Morgan fingerprint density at radius 2 is 2.08 bits per heavy atom. The van der Waals surface area contributed by atoms with Gasteiger partial charge in [0.05, 0.1) is 30.0 Å². The second kappa shape index (κ2) is 7.06. The van der Waals surface area contributed by atoms with Crippen molar-refractivity contribution in [2.75, 3.05) is 24.1 Å². The van der Waals surface area contributed by atoms with Crippen LogP contribution in [0.15, 0.2) is 43.1 Å². The van der Waals surface area contributed by atoms with Gasteiger partial charge in [-0.2, -0.15) is 0 Å². The molecule has 25 heavy (non-hydrogen) atoms. The minimum absolute atomic E-state index is 0.474. The van der Waals surface area contributed by atoms with Crippen LogP contribution in [-0.2, 0) is 6.54 Å². The van der Waals surface area contributed by atoms with Crippen molar-refractivity contribution in [3.8, 4) is 0 Å². The molecule has 0 radical (unpaired) electrons. The van der Waals surface area contributed by atoms with E-state index in [1.807, 2.05) is 30.7 Å². The van der Waals surface area contributed by atoms with Crippen molar-refractivity contribution in [1.82, 2.24) is 24.3 Å². The van der Waals surface area contributed by atoms with Gasteiger partial charge in [-0.1, -0.05) is 0 Å². The fourth-order valence-electron chi connectivity index (χ4n) is 3.43. The van der Waals surface area contributed by atoms with Gasteiger partial charge in [0.1, 0.15) is 5.82 Å². The van der Waals surface area contributed by atoms with E-state index in [9.17, 15) is 0 Å². The fourth-order valence-corrected chi connectivity index (χ4v) is 3.43. The number of aromatic nitrogens is 4. The Kier molecular flexibility index (Phi) is 4.47. The number of nitrogens with two attached hydrogens (primary N) is 1. The maximum absolute atomic E-state index is 5.65. The van der Waals surface area contributed by atoms with Crippen molar-refractivity contribution in [3.05, 3.63) is 48.8 Å². The summed E-state index contributed by atoms with van der Waals surface area (Å²) >= 11 is 0. The Morgan fingerprint density at radius 1 is 1.12 bits per heavy atom. The first-order valence-electron chi connectivity index (χ1n) is 8.74. The summed E-state index contributed by atoms with van der Waals surface area (Å²) in [5, 5.41) is 3.59. The van der Waals surface area contributed by atoms with Crippen molar-refractivity contribution in [2.45, 2.75) is 31.8 Å². The predicted molar refractivity (Wildman–Crippen MR) is 98.2 cm³/mol. The Balaban J connectivity index is 1.37. The number of nitrogens with zero attached hydrogens (tertiary/aromatic N) is 5. The molecule has 0 bridgehead atoms. The first-order chi connectivity index (χ1) is 12.3. The van der Waals surface area contributed by atoms with Crippen LogP contribution in [0.25, 0.3) is 5.65 Å². The Labute approximate surface area is 146 Å². The van der Waals surface area contributed by atoms with E-state index in [2.05, 4.69) is 29.6 Å². The van der Waals surface area contributed by atoms with Gasteiger partial charge < -0.3 is 11.1 Å².